The van der Waals surface area contributed by atoms with Crippen molar-refractivity contribution in [1.82, 2.24) is 0 Å². The van der Waals surface area contributed by atoms with Crippen molar-refractivity contribution in [2.45, 2.75) is 59.4 Å². The van der Waals surface area contributed by atoms with Gasteiger partial charge in [-0.15, -0.1) is 0 Å². The SMILES string of the molecule is COC(C)(C)O[C@@H]1CC[C@@H](C)C(=O)C1(C)C. The van der Waals surface area contributed by atoms with E-state index in [0.717, 1.165) is 12.8 Å². The van der Waals surface area contributed by atoms with Gasteiger partial charge in [0.25, 0.3) is 0 Å². The number of hydrogen-bond acceptors (Lipinski definition) is 3. The molecule has 0 aromatic heterocycles. The molecule has 1 rings (SSSR count). The number of rotatable bonds is 3. The van der Waals surface area contributed by atoms with Crippen LogP contribution < -0.4 is 0 Å². The van der Waals surface area contributed by atoms with E-state index in [1.165, 1.54) is 0 Å². The van der Waals surface area contributed by atoms with Crippen LogP contribution in [0.3, 0.4) is 0 Å². The Morgan fingerprint density at radius 2 is 1.88 bits per heavy atom. The molecule has 0 aliphatic heterocycles. The topological polar surface area (TPSA) is 35.5 Å². The third-order valence-electron chi connectivity index (χ3n) is 3.67. The van der Waals surface area contributed by atoms with Crippen LogP contribution in [0.1, 0.15) is 47.5 Å². The van der Waals surface area contributed by atoms with Crippen molar-refractivity contribution in [2.24, 2.45) is 11.3 Å². The highest BCUT2D eigenvalue weighted by molar-refractivity contribution is 5.87. The van der Waals surface area contributed by atoms with Gasteiger partial charge in [0.05, 0.1) is 6.10 Å². The molecule has 1 aliphatic rings. The van der Waals surface area contributed by atoms with Gasteiger partial charge in [0, 0.05) is 18.4 Å². The van der Waals surface area contributed by atoms with Gasteiger partial charge in [-0.1, -0.05) is 20.8 Å². The first-order valence-corrected chi connectivity index (χ1v) is 5.98. The van der Waals surface area contributed by atoms with Crippen molar-refractivity contribution in [1.29, 1.82) is 0 Å². The Bertz CT molecular complexity index is 268. The van der Waals surface area contributed by atoms with Crippen LogP contribution in [0.15, 0.2) is 0 Å². The molecule has 0 spiro atoms. The molecule has 0 amide bonds. The van der Waals surface area contributed by atoms with Gasteiger partial charge in [0.15, 0.2) is 5.79 Å². The molecule has 0 aromatic carbocycles. The summed E-state index contributed by atoms with van der Waals surface area (Å²) in [5.74, 6) is -0.167. The summed E-state index contributed by atoms with van der Waals surface area (Å²) in [6.45, 7) is 9.71. The van der Waals surface area contributed by atoms with Crippen LogP contribution in [0, 0.1) is 11.3 Å². The zero-order valence-electron chi connectivity index (χ0n) is 11.3. The van der Waals surface area contributed by atoms with Crippen molar-refractivity contribution in [3.63, 3.8) is 0 Å². The molecule has 3 heteroatoms. The van der Waals surface area contributed by atoms with E-state index in [9.17, 15) is 4.79 Å². The first-order valence-electron chi connectivity index (χ1n) is 5.98. The van der Waals surface area contributed by atoms with Crippen LogP contribution in [0.5, 0.6) is 0 Å². The van der Waals surface area contributed by atoms with Gasteiger partial charge in [-0.3, -0.25) is 4.79 Å². The van der Waals surface area contributed by atoms with Crippen LogP contribution in [-0.4, -0.2) is 24.8 Å². The predicted octanol–water partition coefficient (Wildman–Crippen LogP) is 2.78. The maximum Gasteiger partial charge on any atom is 0.162 e. The van der Waals surface area contributed by atoms with Crippen molar-refractivity contribution >= 4 is 5.78 Å². The summed E-state index contributed by atoms with van der Waals surface area (Å²) in [5, 5.41) is 0. The highest BCUT2D eigenvalue weighted by atomic mass is 16.7. The summed E-state index contributed by atoms with van der Waals surface area (Å²) in [4.78, 5) is 12.1. The van der Waals surface area contributed by atoms with Gasteiger partial charge in [-0.25, -0.2) is 0 Å². The molecule has 2 atom stereocenters. The quantitative estimate of drug-likeness (QED) is 0.697. The maximum atomic E-state index is 12.1. The van der Waals surface area contributed by atoms with E-state index in [2.05, 4.69) is 0 Å². The summed E-state index contributed by atoms with van der Waals surface area (Å²) in [7, 11) is 1.63. The van der Waals surface area contributed by atoms with Gasteiger partial charge in [0.1, 0.15) is 5.78 Å². The highest BCUT2D eigenvalue weighted by Crippen LogP contribution is 2.39. The maximum absolute atomic E-state index is 12.1. The number of ether oxygens (including phenoxy) is 2. The minimum Gasteiger partial charge on any atom is -0.354 e. The fourth-order valence-electron chi connectivity index (χ4n) is 2.28. The fraction of sp³-hybridized carbons (Fsp3) is 0.923. The average molecular weight is 228 g/mol. The Balaban J connectivity index is 2.78. The molecule has 1 saturated carbocycles. The molecular formula is C13H24O3. The van der Waals surface area contributed by atoms with Gasteiger partial charge < -0.3 is 9.47 Å². The Morgan fingerprint density at radius 1 is 1.31 bits per heavy atom. The second-order valence-corrected chi connectivity index (χ2v) is 5.77. The number of carbonyl (C=O) groups is 1. The van der Waals surface area contributed by atoms with Crippen molar-refractivity contribution in [3.05, 3.63) is 0 Å². The van der Waals surface area contributed by atoms with E-state index in [1.54, 1.807) is 7.11 Å². The molecule has 0 radical (unpaired) electrons. The second kappa shape index (κ2) is 4.46. The Hall–Kier alpha value is -0.410. The molecule has 16 heavy (non-hydrogen) atoms. The zero-order valence-corrected chi connectivity index (χ0v) is 11.3. The standard InChI is InChI=1S/C13H24O3/c1-9-7-8-10(12(2,3)11(9)14)16-13(4,5)15-6/h9-10H,7-8H2,1-6H3/t9-,10-/m1/s1. The summed E-state index contributed by atoms with van der Waals surface area (Å²) in [5.41, 5.74) is -0.409. The minimum atomic E-state index is -0.622. The normalized spacial score (nSPS) is 30.5. The molecule has 1 fully saturated rings. The lowest BCUT2D eigenvalue weighted by Gasteiger charge is -2.42. The third-order valence-corrected chi connectivity index (χ3v) is 3.67. The number of ketones is 1. The van der Waals surface area contributed by atoms with E-state index >= 15 is 0 Å². The van der Waals surface area contributed by atoms with Crippen LogP contribution in [0.4, 0.5) is 0 Å². The summed E-state index contributed by atoms with van der Waals surface area (Å²) in [6.07, 6.45) is 1.78. The van der Waals surface area contributed by atoms with E-state index in [4.69, 9.17) is 9.47 Å². The van der Waals surface area contributed by atoms with E-state index < -0.39 is 11.2 Å². The highest BCUT2D eigenvalue weighted by Gasteiger charge is 2.45. The lowest BCUT2D eigenvalue weighted by molar-refractivity contribution is -0.246. The second-order valence-electron chi connectivity index (χ2n) is 5.77. The largest absolute Gasteiger partial charge is 0.354 e. The zero-order chi connectivity index (χ0) is 12.6. The van der Waals surface area contributed by atoms with Gasteiger partial charge in [0.2, 0.25) is 0 Å². The Morgan fingerprint density at radius 3 is 2.38 bits per heavy atom. The van der Waals surface area contributed by atoms with Crippen LogP contribution in [0.2, 0.25) is 0 Å². The lowest BCUT2D eigenvalue weighted by Crippen LogP contribution is -2.49. The van der Waals surface area contributed by atoms with Crippen LogP contribution >= 0.6 is 0 Å². The van der Waals surface area contributed by atoms with Crippen molar-refractivity contribution < 1.29 is 14.3 Å². The Kier molecular flexibility index (Phi) is 3.80. The number of Topliss-reactive ketones (excluding diaryl/α,β-unsaturated/α-hetero) is 1. The minimum absolute atomic E-state index is 0.0499. The van der Waals surface area contributed by atoms with Crippen LogP contribution in [0.25, 0.3) is 0 Å². The molecule has 3 nitrogen and oxygen atoms in total. The molecule has 1 aliphatic carbocycles. The smallest absolute Gasteiger partial charge is 0.162 e. The van der Waals surface area contributed by atoms with Crippen molar-refractivity contribution in [3.8, 4) is 0 Å². The average Bonchev–Trinajstić information content (AvgIpc) is 2.20. The van der Waals surface area contributed by atoms with Gasteiger partial charge >= 0.3 is 0 Å². The number of carbonyl (C=O) groups excluding carboxylic acids is 1. The molecule has 0 N–H and O–H groups in total. The lowest BCUT2D eigenvalue weighted by atomic mass is 9.69. The molecule has 0 bridgehead atoms. The predicted molar refractivity (Wildman–Crippen MR) is 63.1 cm³/mol. The molecule has 0 unspecified atom stereocenters. The fourth-order valence-corrected chi connectivity index (χ4v) is 2.28. The third kappa shape index (κ3) is 2.64. The van der Waals surface area contributed by atoms with Gasteiger partial charge in [-0.05, 0) is 26.7 Å². The first kappa shape index (κ1) is 13.7. The first-order chi connectivity index (χ1) is 7.20. The van der Waals surface area contributed by atoms with Crippen LogP contribution in [-0.2, 0) is 14.3 Å². The van der Waals surface area contributed by atoms with E-state index in [1.807, 2.05) is 34.6 Å². The molecule has 0 aromatic rings. The summed E-state index contributed by atoms with van der Waals surface area (Å²) in [6, 6.07) is 0. The molecular weight excluding hydrogens is 204 g/mol. The monoisotopic (exact) mass is 228 g/mol. The van der Waals surface area contributed by atoms with Gasteiger partial charge in [-0.2, -0.15) is 0 Å². The summed E-state index contributed by atoms with van der Waals surface area (Å²) < 4.78 is 11.2. The van der Waals surface area contributed by atoms with Crippen molar-refractivity contribution in [2.75, 3.05) is 7.11 Å². The molecule has 94 valence electrons. The molecule has 0 heterocycles. The molecule has 0 saturated heterocycles. The van der Waals surface area contributed by atoms with E-state index in [-0.39, 0.29) is 12.0 Å². The Labute approximate surface area is 98.5 Å². The summed E-state index contributed by atoms with van der Waals surface area (Å²) >= 11 is 0. The number of hydrogen-bond donors (Lipinski definition) is 0. The van der Waals surface area contributed by atoms with E-state index in [0.29, 0.717) is 5.78 Å². The number of methoxy groups -OCH3 is 1.